The molecular weight excluding hydrogens is 246 g/mol. The van der Waals surface area contributed by atoms with Gasteiger partial charge in [0.1, 0.15) is 6.07 Å². The number of hydrogen-bond donors (Lipinski definition) is 1. The summed E-state index contributed by atoms with van der Waals surface area (Å²) in [7, 11) is 0. The second kappa shape index (κ2) is 7.10. The fraction of sp³-hybridized carbons (Fsp3) is 0.176. The molecule has 0 unspecified atom stereocenters. The van der Waals surface area contributed by atoms with E-state index in [1.165, 1.54) is 5.56 Å². The van der Waals surface area contributed by atoms with Crippen LogP contribution < -0.4 is 5.32 Å². The number of aryl methyl sites for hydroxylation is 1. The fourth-order valence-corrected chi connectivity index (χ4v) is 1.83. The van der Waals surface area contributed by atoms with Crippen molar-refractivity contribution in [3.8, 4) is 6.07 Å². The van der Waals surface area contributed by atoms with Crippen molar-refractivity contribution in [2.45, 2.75) is 19.4 Å². The number of hydrogen-bond acceptors (Lipinski definition) is 3. The van der Waals surface area contributed by atoms with E-state index in [4.69, 9.17) is 5.26 Å². The molecule has 0 atom stereocenters. The zero-order valence-corrected chi connectivity index (χ0v) is 11.3. The van der Waals surface area contributed by atoms with Crippen LogP contribution in [0.2, 0.25) is 0 Å². The summed E-state index contributed by atoms with van der Waals surface area (Å²) in [6.45, 7) is 4.82. The zero-order chi connectivity index (χ0) is 14.2. The predicted octanol–water partition coefficient (Wildman–Crippen LogP) is 3.19. The van der Waals surface area contributed by atoms with Crippen LogP contribution in [0.1, 0.15) is 23.2 Å². The molecule has 3 nitrogen and oxygen atoms in total. The summed E-state index contributed by atoms with van der Waals surface area (Å²) in [5, 5.41) is 12.0. The van der Waals surface area contributed by atoms with Crippen molar-refractivity contribution in [2.24, 2.45) is 0 Å². The summed E-state index contributed by atoms with van der Waals surface area (Å²) >= 11 is 0. The third-order valence-corrected chi connectivity index (χ3v) is 3.02. The quantitative estimate of drug-likeness (QED) is 0.870. The number of benzene rings is 1. The molecule has 0 bridgehead atoms. The van der Waals surface area contributed by atoms with Gasteiger partial charge in [-0.2, -0.15) is 5.26 Å². The first-order valence-corrected chi connectivity index (χ1v) is 6.58. The summed E-state index contributed by atoms with van der Waals surface area (Å²) in [6.07, 6.45) is 3.27. The van der Waals surface area contributed by atoms with Crippen molar-refractivity contribution in [3.05, 3.63) is 77.8 Å². The van der Waals surface area contributed by atoms with E-state index in [0.717, 1.165) is 30.8 Å². The molecule has 0 radical (unpaired) electrons. The van der Waals surface area contributed by atoms with Crippen LogP contribution in [0, 0.1) is 11.3 Å². The van der Waals surface area contributed by atoms with Gasteiger partial charge in [-0.05, 0) is 30.5 Å². The number of allylic oxidation sites excluding steroid dienone is 1. The third kappa shape index (κ3) is 4.25. The van der Waals surface area contributed by atoms with Gasteiger partial charge in [0.2, 0.25) is 0 Å². The van der Waals surface area contributed by atoms with Gasteiger partial charge >= 0.3 is 0 Å². The first-order valence-electron chi connectivity index (χ1n) is 6.58. The van der Waals surface area contributed by atoms with E-state index in [2.05, 4.69) is 35.1 Å². The van der Waals surface area contributed by atoms with Crippen molar-refractivity contribution in [2.75, 3.05) is 0 Å². The Kier molecular flexibility index (Phi) is 4.91. The standard InChI is InChI=1S/C17H17N3/c1-14(19-12-15-5-3-2-4-6-15)7-9-17-10-8-16(11-18)13-20-17/h2-6,8,10,13,19H,1,7,9,12H2. The van der Waals surface area contributed by atoms with Crippen LogP contribution in [0.3, 0.4) is 0 Å². The summed E-state index contributed by atoms with van der Waals surface area (Å²) < 4.78 is 0. The second-order valence-electron chi connectivity index (χ2n) is 4.59. The molecular formula is C17H17N3. The first-order chi connectivity index (χ1) is 9.78. The van der Waals surface area contributed by atoms with Crippen LogP contribution in [0.25, 0.3) is 0 Å². The Bertz CT molecular complexity index is 594. The van der Waals surface area contributed by atoms with Crippen LogP contribution in [-0.2, 0) is 13.0 Å². The fourth-order valence-electron chi connectivity index (χ4n) is 1.83. The summed E-state index contributed by atoms with van der Waals surface area (Å²) in [5.41, 5.74) is 3.81. The van der Waals surface area contributed by atoms with Crippen LogP contribution in [0.5, 0.6) is 0 Å². The van der Waals surface area contributed by atoms with Crippen LogP contribution in [-0.4, -0.2) is 4.98 Å². The van der Waals surface area contributed by atoms with Gasteiger partial charge in [0.05, 0.1) is 5.56 Å². The van der Waals surface area contributed by atoms with E-state index in [1.54, 1.807) is 12.3 Å². The molecule has 1 aromatic heterocycles. The van der Waals surface area contributed by atoms with Crippen molar-refractivity contribution in [1.29, 1.82) is 5.26 Å². The van der Waals surface area contributed by atoms with Crippen LogP contribution >= 0.6 is 0 Å². The van der Waals surface area contributed by atoms with E-state index in [9.17, 15) is 0 Å². The number of aromatic nitrogens is 1. The van der Waals surface area contributed by atoms with Crippen molar-refractivity contribution >= 4 is 0 Å². The minimum absolute atomic E-state index is 0.592. The molecule has 1 heterocycles. The number of nitrogens with zero attached hydrogens (tertiary/aromatic N) is 2. The topological polar surface area (TPSA) is 48.7 Å². The molecule has 2 rings (SSSR count). The maximum Gasteiger partial charge on any atom is 0.101 e. The van der Waals surface area contributed by atoms with Gasteiger partial charge < -0.3 is 5.32 Å². The SMILES string of the molecule is C=C(CCc1ccc(C#N)cn1)NCc1ccccc1. The monoisotopic (exact) mass is 263 g/mol. The lowest BCUT2D eigenvalue weighted by atomic mass is 10.1. The predicted molar refractivity (Wildman–Crippen MR) is 79.7 cm³/mol. The molecule has 100 valence electrons. The minimum atomic E-state index is 0.592. The Morgan fingerprint density at radius 2 is 2.00 bits per heavy atom. The molecule has 1 aromatic carbocycles. The highest BCUT2D eigenvalue weighted by Gasteiger charge is 1.99. The van der Waals surface area contributed by atoms with Gasteiger partial charge in [-0.15, -0.1) is 0 Å². The molecule has 20 heavy (non-hydrogen) atoms. The molecule has 0 aliphatic rings. The molecule has 0 amide bonds. The first kappa shape index (κ1) is 13.8. The summed E-state index contributed by atoms with van der Waals surface area (Å²) in [6, 6.07) is 16.0. The lowest BCUT2D eigenvalue weighted by molar-refractivity contribution is 0.743. The highest BCUT2D eigenvalue weighted by Crippen LogP contribution is 2.06. The third-order valence-electron chi connectivity index (χ3n) is 3.02. The number of rotatable bonds is 6. The van der Waals surface area contributed by atoms with Crippen LogP contribution in [0.15, 0.2) is 60.9 Å². The smallest absolute Gasteiger partial charge is 0.101 e. The summed E-state index contributed by atoms with van der Waals surface area (Å²) in [5.74, 6) is 0. The molecule has 3 heteroatoms. The Morgan fingerprint density at radius 3 is 2.65 bits per heavy atom. The molecule has 2 aromatic rings. The Morgan fingerprint density at radius 1 is 1.20 bits per heavy atom. The van der Waals surface area contributed by atoms with Crippen molar-refractivity contribution in [1.82, 2.24) is 10.3 Å². The largest absolute Gasteiger partial charge is 0.385 e. The average Bonchev–Trinajstić information content (AvgIpc) is 2.52. The molecule has 0 saturated carbocycles. The normalized spacial score (nSPS) is 9.75. The minimum Gasteiger partial charge on any atom is -0.385 e. The van der Waals surface area contributed by atoms with Gasteiger partial charge in [0.15, 0.2) is 0 Å². The molecule has 1 N–H and O–H groups in total. The van der Waals surface area contributed by atoms with E-state index < -0.39 is 0 Å². The van der Waals surface area contributed by atoms with Crippen molar-refractivity contribution < 1.29 is 0 Å². The summed E-state index contributed by atoms with van der Waals surface area (Å²) in [4.78, 5) is 4.25. The molecule has 0 aliphatic carbocycles. The Balaban J connectivity index is 1.76. The van der Waals surface area contributed by atoms with E-state index in [-0.39, 0.29) is 0 Å². The van der Waals surface area contributed by atoms with E-state index >= 15 is 0 Å². The molecule has 0 fully saturated rings. The zero-order valence-electron chi connectivity index (χ0n) is 11.3. The maximum absolute atomic E-state index is 8.71. The molecule has 0 saturated heterocycles. The number of nitriles is 1. The lowest BCUT2D eigenvalue weighted by Gasteiger charge is -2.09. The second-order valence-corrected chi connectivity index (χ2v) is 4.59. The van der Waals surface area contributed by atoms with Crippen LogP contribution in [0.4, 0.5) is 0 Å². The van der Waals surface area contributed by atoms with Gasteiger partial charge in [-0.25, -0.2) is 0 Å². The average molecular weight is 263 g/mol. The Hall–Kier alpha value is -2.60. The van der Waals surface area contributed by atoms with Gasteiger partial charge in [-0.1, -0.05) is 36.9 Å². The van der Waals surface area contributed by atoms with Gasteiger partial charge in [0, 0.05) is 24.1 Å². The molecule has 0 spiro atoms. The lowest BCUT2D eigenvalue weighted by Crippen LogP contribution is -2.12. The van der Waals surface area contributed by atoms with Gasteiger partial charge in [-0.3, -0.25) is 4.98 Å². The number of nitrogens with one attached hydrogen (secondary N) is 1. The highest BCUT2D eigenvalue weighted by molar-refractivity contribution is 5.26. The van der Waals surface area contributed by atoms with E-state index in [0.29, 0.717) is 5.56 Å². The highest BCUT2D eigenvalue weighted by atomic mass is 14.9. The number of pyridine rings is 1. The molecule has 0 aliphatic heterocycles. The van der Waals surface area contributed by atoms with E-state index in [1.807, 2.05) is 24.3 Å². The van der Waals surface area contributed by atoms with Gasteiger partial charge in [0.25, 0.3) is 0 Å². The van der Waals surface area contributed by atoms with Crippen molar-refractivity contribution in [3.63, 3.8) is 0 Å². The Labute approximate surface area is 119 Å². The maximum atomic E-state index is 8.71.